The SMILES string of the molecule is Cc1noc(C)c1Cn1ccc([C@H](C)O)n1. The van der Waals surface area contributed by atoms with Crippen molar-refractivity contribution in [1.82, 2.24) is 14.9 Å². The van der Waals surface area contributed by atoms with Crippen molar-refractivity contribution in [2.75, 3.05) is 0 Å². The van der Waals surface area contributed by atoms with Crippen LogP contribution in [0.2, 0.25) is 0 Å². The van der Waals surface area contributed by atoms with Crippen molar-refractivity contribution in [3.05, 3.63) is 35.0 Å². The fourth-order valence-electron chi connectivity index (χ4n) is 1.58. The van der Waals surface area contributed by atoms with Gasteiger partial charge >= 0.3 is 0 Å². The fraction of sp³-hybridized carbons (Fsp3) is 0.455. The number of rotatable bonds is 3. The van der Waals surface area contributed by atoms with Gasteiger partial charge in [0.1, 0.15) is 5.76 Å². The van der Waals surface area contributed by atoms with Crippen LogP contribution in [0.25, 0.3) is 0 Å². The molecule has 16 heavy (non-hydrogen) atoms. The van der Waals surface area contributed by atoms with Crippen LogP contribution in [0.15, 0.2) is 16.8 Å². The van der Waals surface area contributed by atoms with E-state index in [1.54, 1.807) is 11.6 Å². The standard InChI is InChI=1S/C11H15N3O2/c1-7-10(9(3)16-13-7)6-14-5-4-11(12-14)8(2)15/h4-5,8,15H,6H2,1-3H3/t8-/m0/s1. The first-order chi connectivity index (χ1) is 7.58. The largest absolute Gasteiger partial charge is 0.387 e. The second kappa shape index (κ2) is 4.09. The van der Waals surface area contributed by atoms with Gasteiger partial charge in [0.05, 0.1) is 24.0 Å². The number of aliphatic hydroxyl groups excluding tert-OH is 1. The molecule has 0 aliphatic heterocycles. The Morgan fingerprint density at radius 3 is 2.75 bits per heavy atom. The predicted molar refractivity (Wildman–Crippen MR) is 57.9 cm³/mol. The number of hydrogen-bond acceptors (Lipinski definition) is 4. The third-order valence-electron chi connectivity index (χ3n) is 2.59. The molecule has 0 spiro atoms. The predicted octanol–water partition coefficient (Wildman–Crippen LogP) is 1.59. The zero-order valence-electron chi connectivity index (χ0n) is 9.64. The van der Waals surface area contributed by atoms with Gasteiger partial charge in [-0.05, 0) is 26.8 Å². The third-order valence-corrected chi connectivity index (χ3v) is 2.59. The minimum absolute atomic E-state index is 0.536. The van der Waals surface area contributed by atoms with Crippen molar-refractivity contribution < 1.29 is 9.63 Å². The van der Waals surface area contributed by atoms with Crippen LogP contribution in [0.5, 0.6) is 0 Å². The normalized spacial score (nSPS) is 13.0. The summed E-state index contributed by atoms with van der Waals surface area (Å²) in [7, 11) is 0. The summed E-state index contributed by atoms with van der Waals surface area (Å²) in [6.07, 6.45) is 1.31. The number of nitrogens with zero attached hydrogens (tertiary/aromatic N) is 3. The highest BCUT2D eigenvalue weighted by molar-refractivity contribution is 5.21. The molecule has 0 unspecified atom stereocenters. The number of aryl methyl sites for hydroxylation is 2. The molecule has 0 fully saturated rings. The van der Waals surface area contributed by atoms with Crippen LogP contribution in [0.1, 0.15) is 35.7 Å². The van der Waals surface area contributed by atoms with Gasteiger partial charge in [0.25, 0.3) is 0 Å². The lowest BCUT2D eigenvalue weighted by Gasteiger charge is -2.01. The highest BCUT2D eigenvalue weighted by Crippen LogP contribution is 2.15. The van der Waals surface area contributed by atoms with Crippen molar-refractivity contribution in [2.45, 2.75) is 33.4 Å². The van der Waals surface area contributed by atoms with E-state index in [-0.39, 0.29) is 0 Å². The molecule has 2 heterocycles. The molecule has 0 saturated heterocycles. The van der Waals surface area contributed by atoms with Gasteiger partial charge in [-0.1, -0.05) is 5.16 Å². The summed E-state index contributed by atoms with van der Waals surface area (Å²) in [4.78, 5) is 0. The fourth-order valence-corrected chi connectivity index (χ4v) is 1.58. The first-order valence-corrected chi connectivity index (χ1v) is 5.21. The first kappa shape index (κ1) is 10.9. The summed E-state index contributed by atoms with van der Waals surface area (Å²) in [6, 6.07) is 1.81. The molecule has 0 aliphatic rings. The van der Waals surface area contributed by atoms with Crippen molar-refractivity contribution >= 4 is 0 Å². The van der Waals surface area contributed by atoms with E-state index in [4.69, 9.17) is 4.52 Å². The van der Waals surface area contributed by atoms with Crippen LogP contribution in [-0.2, 0) is 6.54 Å². The molecule has 0 amide bonds. The molecular weight excluding hydrogens is 206 g/mol. The maximum Gasteiger partial charge on any atom is 0.138 e. The topological polar surface area (TPSA) is 64.1 Å². The lowest BCUT2D eigenvalue weighted by molar-refractivity contribution is 0.193. The Hall–Kier alpha value is -1.62. The Bertz CT molecular complexity index is 466. The Balaban J connectivity index is 2.21. The van der Waals surface area contributed by atoms with Gasteiger partial charge in [-0.15, -0.1) is 0 Å². The van der Waals surface area contributed by atoms with Crippen LogP contribution in [0.4, 0.5) is 0 Å². The van der Waals surface area contributed by atoms with Crippen molar-refractivity contribution in [3.8, 4) is 0 Å². The van der Waals surface area contributed by atoms with Gasteiger partial charge in [-0.2, -0.15) is 5.10 Å². The van der Waals surface area contributed by atoms with Crippen molar-refractivity contribution in [3.63, 3.8) is 0 Å². The second-order valence-corrected chi connectivity index (χ2v) is 3.92. The lowest BCUT2D eigenvalue weighted by atomic mass is 10.2. The summed E-state index contributed by atoms with van der Waals surface area (Å²) in [6.45, 7) is 6.11. The highest BCUT2D eigenvalue weighted by Gasteiger charge is 2.11. The molecule has 1 N–H and O–H groups in total. The number of aliphatic hydroxyl groups is 1. The van der Waals surface area contributed by atoms with Crippen LogP contribution in [-0.4, -0.2) is 20.0 Å². The molecule has 2 aromatic rings. The third kappa shape index (κ3) is 1.99. The minimum atomic E-state index is -0.536. The van der Waals surface area contributed by atoms with Crippen molar-refractivity contribution in [1.29, 1.82) is 0 Å². The van der Waals surface area contributed by atoms with E-state index < -0.39 is 6.10 Å². The summed E-state index contributed by atoms with van der Waals surface area (Å²) in [5, 5.41) is 17.5. The molecule has 1 atom stereocenters. The van der Waals surface area contributed by atoms with Gasteiger partial charge in [0.15, 0.2) is 0 Å². The Morgan fingerprint density at radius 2 is 2.25 bits per heavy atom. The van der Waals surface area contributed by atoms with E-state index in [1.165, 1.54) is 0 Å². The van der Waals surface area contributed by atoms with Gasteiger partial charge in [0.2, 0.25) is 0 Å². The molecule has 0 radical (unpaired) electrons. The molecule has 5 nitrogen and oxygen atoms in total. The smallest absolute Gasteiger partial charge is 0.138 e. The van der Waals surface area contributed by atoms with Gasteiger partial charge < -0.3 is 9.63 Å². The molecule has 2 rings (SSSR count). The molecular formula is C11H15N3O2. The van der Waals surface area contributed by atoms with Gasteiger partial charge in [-0.25, -0.2) is 0 Å². The zero-order chi connectivity index (χ0) is 11.7. The van der Waals surface area contributed by atoms with Crippen LogP contribution in [0.3, 0.4) is 0 Å². The number of hydrogen-bond donors (Lipinski definition) is 1. The highest BCUT2D eigenvalue weighted by atomic mass is 16.5. The molecule has 0 saturated carbocycles. The average molecular weight is 221 g/mol. The zero-order valence-corrected chi connectivity index (χ0v) is 9.64. The van der Waals surface area contributed by atoms with Gasteiger partial charge in [-0.3, -0.25) is 4.68 Å². The van der Waals surface area contributed by atoms with Crippen molar-refractivity contribution in [2.24, 2.45) is 0 Å². The summed E-state index contributed by atoms with van der Waals surface area (Å²) in [5.41, 5.74) is 2.60. The van der Waals surface area contributed by atoms with Crippen LogP contribution in [0, 0.1) is 13.8 Å². The van der Waals surface area contributed by atoms with E-state index in [0.29, 0.717) is 12.2 Å². The van der Waals surface area contributed by atoms with Crippen LogP contribution >= 0.6 is 0 Å². The van der Waals surface area contributed by atoms with Crippen LogP contribution < -0.4 is 0 Å². The van der Waals surface area contributed by atoms with E-state index in [1.807, 2.05) is 26.1 Å². The van der Waals surface area contributed by atoms with E-state index in [0.717, 1.165) is 17.0 Å². The second-order valence-electron chi connectivity index (χ2n) is 3.92. The summed E-state index contributed by atoms with van der Waals surface area (Å²) in [5.74, 6) is 0.812. The molecule has 0 aromatic carbocycles. The molecule has 86 valence electrons. The molecule has 0 aliphatic carbocycles. The Labute approximate surface area is 93.7 Å². The maximum atomic E-state index is 9.37. The minimum Gasteiger partial charge on any atom is -0.387 e. The first-order valence-electron chi connectivity index (χ1n) is 5.21. The molecule has 2 aromatic heterocycles. The number of aromatic nitrogens is 3. The quantitative estimate of drug-likeness (QED) is 0.854. The average Bonchev–Trinajstić information content (AvgIpc) is 2.80. The van der Waals surface area contributed by atoms with E-state index in [2.05, 4.69) is 10.3 Å². The summed E-state index contributed by atoms with van der Waals surface area (Å²) < 4.78 is 6.85. The van der Waals surface area contributed by atoms with E-state index in [9.17, 15) is 5.11 Å². The Kier molecular flexibility index (Phi) is 2.78. The van der Waals surface area contributed by atoms with Gasteiger partial charge in [0, 0.05) is 11.8 Å². The monoisotopic (exact) mass is 221 g/mol. The summed E-state index contributed by atoms with van der Waals surface area (Å²) >= 11 is 0. The van der Waals surface area contributed by atoms with E-state index >= 15 is 0 Å². The molecule has 5 heteroatoms. The Morgan fingerprint density at radius 1 is 1.50 bits per heavy atom. The maximum absolute atomic E-state index is 9.37. The molecule has 0 bridgehead atoms. The lowest BCUT2D eigenvalue weighted by Crippen LogP contribution is -2.03.